The van der Waals surface area contributed by atoms with Gasteiger partial charge in [-0.1, -0.05) is 0 Å². The lowest BCUT2D eigenvalue weighted by atomic mass is 10.3. The molecule has 6 heteroatoms. The van der Waals surface area contributed by atoms with Crippen LogP contribution >= 0.6 is 0 Å². The number of amides is 2. The fourth-order valence-electron chi connectivity index (χ4n) is 1.41. The molecule has 1 aromatic rings. The highest BCUT2D eigenvalue weighted by molar-refractivity contribution is 5.94. The Hall–Kier alpha value is -2.08. The molecule has 0 aromatic heterocycles. The SMILES string of the molecule is CCOc1ccc(NC(=O)CNC(=O)CNC)cc1. The number of likely N-dealkylation sites (N-methyl/N-ethyl adjacent to an activating group) is 1. The van der Waals surface area contributed by atoms with Crippen LogP contribution in [0.1, 0.15) is 6.92 Å². The molecule has 0 radical (unpaired) electrons. The summed E-state index contributed by atoms with van der Waals surface area (Å²) in [5, 5.41) is 7.88. The Morgan fingerprint density at radius 2 is 1.79 bits per heavy atom. The molecule has 0 atom stereocenters. The molecule has 0 aliphatic heterocycles. The Bertz CT molecular complexity index is 418. The molecule has 0 aliphatic carbocycles. The highest BCUT2D eigenvalue weighted by Gasteiger charge is 2.05. The predicted molar refractivity (Wildman–Crippen MR) is 73.2 cm³/mol. The zero-order valence-corrected chi connectivity index (χ0v) is 11.2. The van der Waals surface area contributed by atoms with Gasteiger partial charge in [0.15, 0.2) is 0 Å². The first-order chi connectivity index (χ1) is 9.15. The standard InChI is InChI=1S/C13H19N3O3/c1-3-19-11-6-4-10(5-7-11)16-13(18)9-15-12(17)8-14-2/h4-7,14H,3,8-9H2,1-2H3,(H,15,17)(H,16,18). The summed E-state index contributed by atoms with van der Waals surface area (Å²) in [5.74, 6) is 0.265. The van der Waals surface area contributed by atoms with Crippen molar-refractivity contribution in [2.75, 3.05) is 32.1 Å². The van der Waals surface area contributed by atoms with Crippen molar-refractivity contribution in [1.29, 1.82) is 0 Å². The average molecular weight is 265 g/mol. The van der Waals surface area contributed by atoms with Crippen molar-refractivity contribution in [1.82, 2.24) is 10.6 Å². The zero-order valence-electron chi connectivity index (χ0n) is 11.2. The molecule has 3 N–H and O–H groups in total. The highest BCUT2D eigenvalue weighted by Crippen LogP contribution is 2.15. The van der Waals surface area contributed by atoms with Crippen molar-refractivity contribution in [2.24, 2.45) is 0 Å². The first-order valence-corrected chi connectivity index (χ1v) is 6.09. The van der Waals surface area contributed by atoms with Gasteiger partial charge in [0.05, 0.1) is 19.7 Å². The summed E-state index contributed by atoms with van der Waals surface area (Å²) in [5.41, 5.74) is 0.663. The van der Waals surface area contributed by atoms with Gasteiger partial charge in [0.25, 0.3) is 0 Å². The average Bonchev–Trinajstić information content (AvgIpc) is 2.39. The van der Waals surface area contributed by atoms with Gasteiger partial charge in [0.2, 0.25) is 11.8 Å². The fourth-order valence-corrected chi connectivity index (χ4v) is 1.41. The van der Waals surface area contributed by atoms with Crippen molar-refractivity contribution in [3.05, 3.63) is 24.3 Å². The lowest BCUT2D eigenvalue weighted by Crippen LogP contribution is -2.37. The molecule has 0 saturated carbocycles. The predicted octanol–water partition coefficient (Wildman–Crippen LogP) is 0.359. The Kier molecular flexibility index (Phi) is 6.38. The Labute approximate surface area is 112 Å². The maximum atomic E-state index is 11.6. The second kappa shape index (κ2) is 8.10. The first-order valence-electron chi connectivity index (χ1n) is 6.09. The second-order valence-corrected chi connectivity index (χ2v) is 3.81. The number of benzene rings is 1. The van der Waals surface area contributed by atoms with Crippen LogP contribution in [-0.2, 0) is 9.59 Å². The van der Waals surface area contributed by atoms with Crippen LogP contribution in [0.4, 0.5) is 5.69 Å². The molecule has 0 heterocycles. The minimum atomic E-state index is -0.270. The van der Waals surface area contributed by atoms with Gasteiger partial charge in [0, 0.05) is 5.69 Å². The number of hydrogen-bond acceptors (Lipinski definition) is 4. The van der Waals surface area contributed by atoms with Crippen LogP contribution in [0.15, 0.2) is 24.3 Å². The van der Waals surface area contributed by atoms with Crippen molar-refractivity contribution in [3.63, 3.8) is 0 Å². The molecule has 6 nitrogen and oxygen atoms in total. The summed E-state index contributed by atoms with van der Waals surface area (Å²) >= 11 is 0. The number of rotatable bonds is 7. The molecule has 0 unspecified atom stereocenters. The minimum absolute atomic E-state index is 0.0479. The lowest BCUT2D eigenvalue weighted by Gasteiger charge is -2.08. The lowest BCUT2D eigenvalue weighted by molar-refractivity contribution is -0.123. The van der Waals surface area contributed by atoms with E-state index >= 15 is 0 Å². The van der Waals surface area contributed by atoms with Gasteiger partial charge < -0.3 is 20.7 Å². The number of hydrogen-bond donors (Lipinski definition) is 3. The van der Waals surface area contributed by atoms with E-state index in [1.54, 1.807) is 31.3 Å². The topological polar surface area (TPSA) is 79.5 Å². The molecule has 104 valence electrons. The van der Waals surface area contributed by atoms with E-state index in [2.05, 4.69) is 16.0 Å². The third-order valence-electron chi connectivity index (χ3n) is 2.23. The van der Waals surface area contributed by atoms with E-state index in [1.807, 2.05) is 6.92 Å². The summed E-state index contributed by atoms with van der Waals surface area (Å²) in [7, 11) is 1.67. The van der Waals surface area contributed by atoms with Crippen molar-refractivity contribution in [2.45, 2.75) is 6.92 Å². The summed E-state index contributed by atoms with van der Waals surface area (Å²) in [6.07, 6.45) is 0. The number of anilines is 1. The van der Waals surface area contributed by atoms with Crippen LogP contribution in [0, 0.1) is 0 Å². The van der Waals surface area contributed by atoms with E-state index in [9.17, 15) is 9.59 Å². The van der Waals surface area contributed by atoms with E-state index in [0.29, 0.717) is 12.3 Å². The van der Waals surface area contributed by atoms with Crippen LogP contribution in [0.25, 0.3) is 0 Å². The van der Waals surface area contributed by atoms with Gasteiger partial charge in [-0.3, -0.25) is 9.59 Å². The molecular formula is C13H19N3O3. The normalized spacial score (nSPS) is 9.79. The quantitative estimate of drug-likeness (QED) is 0.665. The van der Waals surface area contributed by atoms with E-state index in [1.165, 1.54) is 0 Å². The van der Waals surface area contributed by atoms with Crippen LogP contribution in [0.5, 0.6) is 5.75 Å². The minimum Gasteiger partial charge on any atom is -0.494 e. The smallest absolute Gasteiger partial charge is 0.243 e. The molecular weight excluding hydrogens is 246 g/mol. The largest absolute Gasteiger partial charge is 0.494 e. The molecule has 1 rings (SSSR count). The molecule has 1 aromatic carbocycles. The zero-order chi connectivity index (χ0) is 14.1. The van der Waals surface area contributed by atoms with Gasteiger partial charge >= 0.3 is 0 Å². The van der Waals surface area contributed by atoms with Gasteiger partial charge in [-0.2, -0.15) is 0 Å². The highest BCUT2D eigenvalue weighted by atomic mass is 16.5. The molecule has 19 heavy (non-hydrogen) atoms. The molecule has 0 spiro atoms. The van der Waals surface area contributed by atoms with Crippen LogP contribution in [0.3, 0.4) is 0 Å². The van der Waals surface area contributed by atoms with Crippen molar-refractivity contribution < 1.29 is 14.3 Å². The summed E-state index contributed by atoms with van der Waals surface area (Å²) in [6, 6.07) is 7.05. The number of carbonyl (C=O) groups excluding carboxylic acids is 2. The maximum absolute atomic E-state index is 11.6. The van der Waals surface area contributed by atoms with Crippen LogP contribution in [-0.4, -0.2) is 38.6 Å². The van der Waals surface area contributed by atoms with Gasteiger partial charge in [-0.25, -0.2) is 0 Å². The third-order valence-corrected chi connectivity index (χ3v) is 2.23. The van der Waals surface area contributed by atoms with E-state index in [0.717, 1.165) is 5.75 Å². The molecule has 0 saturated heterocycles. The fraction of sp³-hybridized carbons (Fsp3) is 0.385. The first kappa shape index (κ1) is 15.0. The molecule has 0 aliphatic rings. The Balaban J connectivity index is 2.37. The van der Waals surface area contributed by atoms with E-state index < -0.39 is 0 Å². The molecule has 2 amide bonds. The Morgan fingerprint density at radius 1 is 1.11 bits per heavy atom. The van der Waals surface area contributed by atoms with Crippen LogP contribution in [0.2, 0.25) is 0 Å². The second-order valence-electron chi connectivity index (χ2n) is 3.81. The summed E-state index contributed by atoms with van der Waals surface area (Å²) in [4.78, 5) is 22.7. The van der Waals surface area contributed by atoms with Gasteiger partial charge in [-0.05, 0) is 38.2 Å². The van der Waals surface area contributed by atoms with Crippen LogP contribution < -0.4 is 20.7 Å². The maximum Gasteiger partial charge on any atom is 0.243 e. The van der Waals surface area contributed by atoms with E-state index in [4.69, 9.17) is 4.74 Å². The van der Waals surface area contributed by atoms with Crippen molar-refractivity contribution in [3.8, 4) is 5.75 Å². The number of ether oxygens (including phenoxy) is 1. The van der Waals surface area contributed by atoms with Crippen molar-refractivity contribution >= 4 is 17.5 Å². The monoisotopic (exact) mass is 265 g/mol. The summed E-state index contributed by atoms with van der Waals surface area (Å²) in [6.45, 7) is 2.65. The number of nitrogens with one attached hydrogen (secondary N) is 3. The molecule has 0 bridgehead atoms. The molecule has 0 fully saturated rings. The van der Waals surface area contributed by atoms with Gasteiger partial charge in [0.1, 0.15) is 5.75 Å². The summed E-state index contributed by atoms with van der Waals surface area (Å²) < 4.78 is 5.30. The Morgan fingerprint density at radius 3 is 2.37 bits per heavy atom. The van der Waals surface area contributed by atoms with Gasteiger partial charge in [-0.15, -0.1) is 0 Å². The van der Waals surface area contributed by atoms with E-state index in [-0.39, 0.29) is 24.9 Å². The number of carbonyl (C=O) groups is 2. The third kappa shape index (κ3) is 5.87.